The summed E-state index contributed by atoms with van der Waals surface area (Å²) < 4.78 is 4.64. The summed E-state index contributed by atoms with van der Waals surface area (Å²) in [6.45, 7) is 5.64. The van der Waals surface area contributed by atoms with Crippen molar-refractivity contribution >= 4 is 22.4 Å². The fourth-order valence-corrected chi connectivity index (χ4v) is 3.40. The average molecular weight is 311 g/mol. The van der Waals surface area contributed by atoms with Crippen molar-refractivity contribution in [2.75, 3.05) is 32.1 Å². The second kappa shape index (κ2) is 8.34. The second-order valence-electron chi connectivity index (χ2n) is 5.56. The van der Waals surface area contributed by atoms with E-state index in [0.29, 0.717) is 0 Å². The fourth-order valence-electron chi connectivity index (χ4n) is 2.66. The first-order chi connectivity index (χ1) is 10.2. The number of rotatable bonds is 7. The molecule has 0 spiro atoms. The number of carbonyl (C=O) groups excluding carboxylic acids is 1. The third-order valence-corrected chi connectivity index (χ3v) is 4.79. The first-order valence-corrected chi connectivity index (χ1v) is 8.56. The van der Waals surface area contributed by atoms with Gasteiger partial charge < -0.3 is 15.0 Å². The predicted octanol–water partition coefficient (Wildman–Crippen LogP) is 2.54. The van der Waals surface area contributed by atoms with E-state index in [1.807, 2.05) is 5.38 Å². The topological polar surface area (TPSA) is 54.5 Å². The summed E-state index contributed by atoms with van der Waals surface area (Å²) in [4.78, 5) is 18.1. The van der Waals surface area contributed by atoms with Gasteiger partial charge in [0.1, 0.15) is 0 Å². The smallest absolute Gasteiger partial charge is 0.311 e. The highest BCUT2D eigenvalue weighted by molar-refractivity contribution is 7.13. The second-order valence-corrected chi connectivity index (χ2v) is 6.42. The van der Waals surface area contributed by atoms with Gasteiger partial charge >= 0.3 is 5.97 Å². The number of likely N-dealkylation sites (tertiary alicyclic amines) is 1. The van der Waals surface area contributed by atoms with E-state index in [1.54, 1.807) is 11.3 Å². The van der Waals surface area contributed by atoms with Crippen LogP contribution in [0.3, 0.4) is 0 Å². The predicted molar refractivity (Wildman–Crippen MR) is 85.8 cm³/mol. The molecule has 1 fully saturated rings. The van der Waals surface area contributed by atoms with E-state index in [-0.39, 0.29) is 12.4 Å². The molecule has 1 aliphatic heterocycles. The molecular weight excluding hydrogens is 286 g/mol. The quantitative estimate of drug-likeness (QED) is 0.619. The van der Waals surface area contributed by atoms with Crippen LogP contribution in [-0.2, 0) is 16.0 Å². The number of thiazole rings is 1. The normalized spacial score (nSPS) is 19.4. The largest absolute Gasteiger partial charge is 0.469 e. The number of methoxy groups -OCH3 is 1. The molecule has 2 heterocycles. The van der Waals surface area contributed by atoms with Crippen molar-refractivity contribution in [3.05, 3.63) is 11.1 Å². The zero-order valence-corrected chi connectivity index (χ0v) is 13.7. The Balaban J connectivity index is 1.65. The van der Waals surface area contributed by atoms with Gasteiger partial charge in [-0.3, -0.25) is 4.79 Å². The van der Waals surface area contributed by atoms with Crippen LogP contribution in [-0.4, -0.2) is 48.6 Å². The molecule has 5 nitrogen and oxygen atoms in total. The monoisotopic (exact) mass is 311 g/mol. The Morgan fingerprint density at radius 2 is 2.43 bits per heavy atom. The molecule has 0 aromatic carbocycles. The van der Waals surface area contributed by atoms with Gasteiger partial charge in [0.2, 0.25) is 0 Å². The molecule has 0 aliphatic carbocycles. The Morgan fingerprint density at radius 1 is 1.57 bits per heavy atom. The van der Waals surface area contributed by atoms with Crippen LogP contribution >= 0.6 is 11.3 Å². The lowest BCUT2D eigenvalue weighted by Crippen LogP contribution is -2.38. The average Bonchev–Trinajstić information content (AvgIpc) is 2.92. The SMILES string of the molecule is COC(=O)Cc1csc(NCCCN2CCCCC2C)n1. The molecule has 0 saturated carbocycles. The van der Waals surface area contributed by atoms with Crippen molar-refractivity contribution in [3.63, 3.8) is 0 Å². The summed E-state index contributed by atoms with van der Waals surface area (Å²) in [6, 6.07) is 0.727. The van der Waals surface area contributed by atoms with Crippen molar-refractivity contribution < 1.29 is 9.53 Å². The summed E-state index contributed by atoms with van der Waals surface area (Å²) in [6.07, 6.45) is 5.41. The maximum Gasteiger partial charge on any atom is 0.311 e. The Morgan fingerprint density at radius 3 is 3.19 bits per heavy atom. The van der Waals surface area contributed by atoms with Gasteiger partial charge in [0, 0.05) is 24.5 Å². The third kappa shape index (κ3) is 5.28. The van der Waals surface area contributed by atoms with Crippen LogP contribution in [0.15, 0.2) is 5.38 Å². The lowest BCUT2D eigenvalue weighted by atomic mass is 10.0. The number of hydrogen-bond donors (Lipinski definition) is 1. The van der Waals surface area contributed by atoms with E-state index in [0.717, 1.165) is 36.4 Å². The van der Waals surface area contributed by atoms with Crippen molar-refractivity contribution in [3.8, 4) is 0 Å². The minimum atomic E-state index is -0.245. The Labute approximate surface area is 130 Å². The zero-order chi connectivity index (χ0) is 15.1. The van der Waals surface area contributed by atoms with E-state index in [4.69, 9.17) is 0 Å². The highest BCUT2D eigenvalue weighted by Crippen LogP contribution is 2.18. The number of anilines is 1. The van der Waals surface area contributed by atoms with Gasteiger partial charge in [-0.05, 0) is 32.7 Å². The van der Waals surface area contributed by atoms with Gasteiger partial charge in [0.05, 0.1) is 19.2 Å². The maximum absolute atomic E-state index is 11.2. The van der Waals surface area contributed by atoms with Crippen LogP contribution in [0.1, 0.15) is 38.3 Å². The Hall–Kier alpha value is -1.14. The molecule has 1 saturated heterocycles. The summed E-state index contributed by atoms with van der Waals surface area (Å²) in [5.74, 6) is -0.245. The number of esters is 1. The van der Waals surface area contributed by atoms with E-state index < -0.39 is 0 Å². The summed E-state index contributed by atoms with van der Waals surface area (Å²) in [7, 11) is 1.40. The molecule has 2 rings (SSSR count). The minimum Gasteiger partial charge on any atom is -0.469 e. The number of nitrogens with one attached hydrogen (secondary N) is 1. The van der Waals surface area contributed by atoms with Gasteiger partial charge in [0.25, 0.3) is 0 Å². The van der Waals surface area contributed by atoms with Gasteiger partial charge in [-0.1, -0.05) is 6.42 Å². The number of aromatic nitrogens is 1. The van der Waals surface area contributed by atoms with Crippen molar-refractivity contribution in [2.45, 2.75) is 45.1 Å². The number of nitrogens with zero attached hydrogens (tertiary/aromatic N) is 2. The number of piperidine rings is 1. The number of hydrogen-bond acceptors (Lipinski definition) is 6. The summed E-state index contributed by atoms with van der Waals surface area (Å²) >= 11 is 1.54. The molecule has 0 radical (unpaired) electrons. The highest BCUT2D eigenvalue weighted by atomic mass is 32.1. The Kier molecular flexibility index (Phi) is 6.45. The molecule has 0 bridgehead atoms. The van der Waals surface area contributed by atoms with Gasteiger partial charge in [-0.2, -0.15) is 0 Å². The van der Waals surface area contributed by atoms with E-state index in [2.05, 4.69) is 26.9 Å². The van der Waals surface area contributed by atoms with Crippen LogP contribution in [0.2, 0.25) is 0 Å². The van der Waals surface area contributed by atoms with Crippen molar-refractivity contribution in [1.29, 1.82) is 0 Å². The molecule has 1 aromatic heterocycles. The molecule has 0 amide bonds. The molecule has 1 unspecified atom stereocenters. The number of carbonyl (C=O) groups is 1. The summed E-state index contributed by atoms with van der Waals surface area (Å²) in [5, 5.41) is 6.14. The molecule has 1 atom stereocenters. The lowest BCUT2D eigenvalue weighted by Gasteiger charge is -2.33. The first-order valence-electron chi connectivity index (χ1n) is 7.68. The molecular formula is C15H25N3O2S. The standard InChI is InChI=1S/C15H25N3O2S/c1-12-6-3-4-8-18(12)9-5-7-16-15-17-13(11-21-15)10-14(19)20-2/h11-12H,3-10H2,1-2H3,(H,16,17). The van der Waals surface area contributed by atoms with Crippen LogP contribution in [0.25, 0.3) is 0 Å². The van der Waals surface area contributed by atoms with Crippen LogP contribution in [0.5, 0.6) is 0 Å². The van der Waals surface area contributed by atoms with E-state index in [1.165, 1.54) is 32.9 Å². The van der Waals surface area contributed by atoms with Crippen molar-refractivity contribution in [2.24, 2.45) is 0 Å². The van der Waals surface area contributed by atoms with E-state index >= 15 is 0 Å². The van der Waals surface area contributed by atoms with Crippen molar-refractivity contribution in [1.82, 2.24) is 9.88 Å². The molecule has 21 heavy (non-hydrogen) atoms. The van der Waals surface area contributed by atoms with Gasteiger partial charge in [0.15, 0.2) is 5.13 Å². The number of ether oxygens (including phenoxy) is 1. The van der Waals surface area contributed by atoms with Crippen LogP contribution < -0.4 is 5.32 Å². The highest BCUT2D eigenvalue weighted by Gasteiger charge is 2.17. The minimum absolute atomic E-state index is 0.245. The first kappa shape index (κ1) is 16.2. The van der Waals surface area contributed by atoms with Crippen LogP contribution in [0, 0.1) is 0 Å². The van der Waals surface area contributed by atoms with Gasteiger partial charge in [-0.25, -0.2) is 4.98 Å². The molecule has 6 heteroatoms. The van der Waals surface area contributed by atoms with Crippen LogP contribution in [0.4, 0.5) is 5.13 Å². The third-order valence-electron chi connectivity index (χ3n) is 3.94. The maximum atomic E-state index is 11.2. The molecule has 118 valence electrons. The molecule has 1 aliphatic rings. The molecule has 1 N–H and O–H groups in total. The lowest BCUT2D eigenvalue weighted by molar-refractivity contribution is -0.139. The fraction of sp³-hybridized carbons (Fsp3) is 0.733. The van der Waals surface area contributed by atoms with E-state index in [9.17, 15) is 4.79 Å². The molecule has 1 aromatic rings. The van der Waals surface area contributed by atoms with Gasteiger partial charge in [-0.15, -0.1) is 11.3 Å². The Bertz CT molecular complexity index is 450. The zero-order valence-electron chi connectivity index (χ0n) is 12.9. The summed E-state index contributed by atoms with van der Waals surface area (Å²) in [5.41, 5.74) is 0.777.